The quantitative estimate of drug-likeness (QED) is 0.927. The maximum absolute atomic E-state index is 13.8. The second-order valence-corrected chi connectivity index (χ2v) is 4.23. The van der Waals surface area contributed by atoms with Crippen LogP contribution in [0.3, 0.4) is 0 Å². The molecule has 0 spiro atoms. The lowest BCUT2D eigenvalue weighted by Gasteiger charge is -2.06. The van der Waals surface area contributed by atoms with Crippen molar-refractivity contribution in [3.05, 3.63) is 41.2 Å². The maximum Gasteiger partial charge on any atom is 0.309 e. The summed E-state index contributed by atoms with van der Waals surface area (Å²) in [6.07, 6.45) is -0.274. The van der Waals surface area contributed by atoms with Gasteiger partial charge in [0.1, 0.15) is 11.6 Å². The number of benzene rings is 1. The third kappa shape index (κ3) is 2.47. The topological polar surface area (TPSA) is 55.1 Å². The van der Waals surface area contributed by atoms with Crippen LogP contribution in [0, 0.1) is 18.6 Å². The summed E-state index contributed by atoms with van der Waals surface area (Å²) >= 11 is 0. The fourth-order valence-corrected chi connectivity index (χ4v) is 2.09. The molecule has 0 saturated heterocycles. The highest BCUT2D eigenvalue weighted by molar-refractivity contribution is 5.77. The molecule has 2 rings (SSSR count). The van der Waals surface area contributed by atoms with Gasteiger partial charge in [0.2, 0.25) is 0 Å². The van der Waals surface area contributed by atoms with E-state index in [-0.39, 0.29) is 12.0 Å². The van der Waals surface area contributed by atoms with Gasteiger partial charge in [0, 0.05) is 24.2 Å². The minimum absolute atomic E-state index is 0.156. The summed E-state index contributed by atoms with van der Waals surface area (Å²) in [5.41, 5.74) is 1.45. The van der Waals surface area contributed by atoms with Crippen LogP contribution < -0.4 is 0 Å². The number of carboxylic acids is 1. The Morgan fingerprint density at radius 3 is 2.68 bits per heavy atom. The van der Waals surface area contributed by atoms with E-state index in [9.17, 15) is 13.6 Å². The van der Waals surface area contributed by atoms with E-state index in [1.165, 1.54) is 10.7 Å². The normalized spacial score (nSPS) is 10.7. The van der Waals surface area contributed by atoms with Crippen LogP contribution in [0.4, 0.5) is 8.78 Å². The highest BCUT2D eigenvalue weighted by Crippen LogP contribution is 2.30. The molecule has 0 fully saturated rings. The van der Waals surface area contributed by atoms with Crippen LogP contribution >= 0.6 is 0 Å². The average molecular weight is 266 g/mol. The molecule has 0 atom stereocenters. The van der Waals surface area contributed by atoms with Gasteiger partial charge in [-0.05, 0) is 19.1 Å². The van der Waals surface area contributed by atoms with Crippen LogP contribution in [0.25, 0.3) is 11.1 Å². The summed E-state index contributed by atoms with van der Waals surface area (Å²) < 4.78 is 28.1. The Labute approximate surface area is 108 Å². The fourth-order valence-electron chi connectivity index (χ4n) is 2.09. The monoisotopic (exact) mass is 266 g/mol. The largest absolute Gasteiger partial charge is 0.481 e. The predicted molar refractivity (Wildman–Crippen MR) is 64.6 cm³/mol. The molecule has 2 aromatic rings. The molecule has 19 heavy (non-hydrogen) atoms. The zero-order chi connectivity index (χ0) is 14.2. The highest BCUT2D eigenvalue weighted by Gasteiger charge is 2.20. The SMILES string of the molecule is Cc1nn(C)c(CC(=O)O)c1-c1ccc(F)cc1F. The number of aliphatic carboxylic acids is 1. The number of halogens is 2. The summed E-state index contributed by atoms with van der Waals surface area (Å²) in [4.78, 5) is 10.9. The van der Waals surface area contributed by atoms with Crippen LogP contribution in [0.15, 0.2) is 18.2 Å². The molecule has 0 aliphatic carbocycles. The Bertz CT molecular complexity index is 650. The van der Waals surface area contributed by atoms with Crippen molar-refractivity contribution in [1.82, 2.24) is 9.78 Å². The molecule has 4 nitrogen and oxygen atoms in total. The number of rotatable bonds is 3. The smallest absolute Gasteiger partial charge is 0.309 e. The number of hydrogen-bond acceptors (Lipinski definition) is 2. The molecular formula is C13H12F2N2O2. The van der Waals surface area contributed by atoms with Crippen LogP contribution in [-0.2, 0) is 18.3 Å². The van der Waals surface area contributed by atoms with E-state index in [4.69, 9.17) is 5.11 Å². The zero-order valence-corrected chi connectivity index (χ0v) is 10.4. The van der Waals surface area contributed by atoms with Crippen molar-refractivity contribution < 1.29 is 18.7 Å². The van der Waals surface area contributed by atoms with Gasteiger partial charge in [0.25, 0.3) is 0 Å². The number of carboxylic acid groups (broad SMARTS) is 1. The van der Waals surface area contributed by atoms with Crippen molar-refractivity contribution in [3.63, 3.8) is 0 Å². The van der Waals surface area contributed by atoms with Gasteiger partial charge < -0.3 is 5.11 Å². The summed E-state index contributed by atoms with van der Waals surface area (Å²) in [5.74, 6) is -2.45. The molecule has 100 valence electrons. The molecular weight excluding hydrogens is 254 g/mol. The Hall–Kier alpha value is -2.24. The van der Waals surface area contributed by atoms with Crippen molar-refractivity contribution >= 4 is 5.97 Å². The van der Waals surface area contributed by atoms with Crippen LogP contribution in [0.1, 0.15) is 11.4 Å². The molecule has 6 heteroatoms. The Morgan fingerprint density at radius 2 is 2.11 bits per heavy atom. The number of hydrogen-bond donors (Lipinski definition) is 1. The second-order valence-electron chi connectivity index (χ2n) is 4.23. The van der Waals surface area contributed by atoms with Gasteiger partial charge in [-0.15, -0.1) is 0 Å². The maximum atomic E-state index is 13.8. The summed E-state index contributed by atoms with van der Waals surface area (Å²) in [7, 11) is 1.59. The summed E-state index contributed by atoms with van der Waals surface area (Å²) in [6, 6.07) is 3.20. The Morgan fingerprint density at radius 1 is 1.42 bits per heavy atom. The minimum Gasteiger partial charge on any atom is -0.481 e. The predicted octanol–water partition coefficient (Wildman–Crippen LogP) is 2.30. The lowest BCUT2D eigenvalue weighted by Crippen LogP contribution is -2.07. The van der Waals surface area contributed by atoms with Crippen molar-refractivity contribution in [2.75, 3.05) is 0 Å². The molecule has 1 aromatic heterocycles. The molecule has 0 aliphatic heterocycles. The first-order valence-corrected chi connectivity index (χ1v) is 5.60. The number of aromatic nitrogens is 2. The zero-order valence-electron chi connectivity index (χ0n) is 10.4. The third-order valence-corrected chi connectivity index (χ3v) is 2.86. The van der Waals surface area contributed by atoms with E-state index in [2.05, 4.69) is 5.10 Å². The molecule has 0 radical (unpaired) electrons. The molecule has 0 bridgehead atoms. The fraction of sp³-hybridized carbons (Fsp3) is 0.231. The molecule has 0 aliphatic rings. The molecule has 1 aromatic carbocycles. The standard InChI is InChI=1S/C13H12F2N2O2/c1-7-13(9-4-3-8(14)5-10(9)15)11(6-12(18)19)17(2)16-7/h3-5H,6H2,1-2H3,(H,18,19). The Balaban J connectivity index is 2.64. The van der Waals surface area contributed by atoms with E-state index >= 15 is 0 Å². The van der Waals surface area contributed by atoms with Crippen LogP contribution in [0.2, 0.25) is 0 Å². The Kier molecular flexibility index (Phi) is 3.33. The van der Waals surface area contributed by atoms with Crippen molar-refractivity contribution in [3.8, 4) is 11.1 Å². The van der Waals surface area contributed by atoms with Crippen LogP contribution in [0.5, 0.6) is 0 Å². The summed E-state index contributed by atoms with van der Waals surface area (Å²) in [5, 5.41) is 13.0. The highest BCUT2D eigenvalue weighted by atomic mass is 19.1. The van der Waals surface area contributed by atoms with E-state index in [1.807, 2.05) is 0 Å². The first-order chi connectivity index (χ1) is 8.90. The second kappa shape index (κ2) is 4.79. The van der Waals surface area contributed by atoms with Gasteiger partial charge in [-0.25, -0.2) is 8.78 Å². The number of carbonyl (C=O) groups is 1. The molecule has 1 N–H and O–H groups in total. The van der Waals surface area contributed by atoms with Gasteiger partial charge in [-0.1, -0.05) is 0 Å². The van der Waals surface area contributed by atoms with Crippen molar-refractivity contribution in [1.29, 1.82) is 0 Å². The first kappa shape index (κ1) is 13.2. The summed E-state index contributed by atoms with van der Waals surface area (Å²) in [6.45, 7) is 1.66. The van der Waals surface area contributed by atoms with Crippen LogP contribution in [-0.4, -0.2) is 20.9 Å². The lowest BCUT2D eigenvalue weighted by atomic mass is 10.0. The average Bonchev–Trinajstić information content (AvgIpc) is 2.54. The van der Waals surface area contributed by atoms with Gasteiger partial charge >= 0.3 is 5.97 Å². The van der Waals surface area contributed by atoms with Gasteiger partial charge in [0.05, 0.1) is 17.8 Å². The van der Waals surface area contributed by atoms with Gasteiger partial charge in [-0.3, -0.25) is 9.48 Å². The van der Waals surface area contributed by atoms with E-state index in [1.54, 1.807) is 14.0 Å². The van der Waals surface area contributed by atoms with Crippen molar-refractivity contribution in [2.45, 2.75) is 13.3 Å². The molecule has 0 unspecified atom stereocenters. The molecule has 0 saturated carbocycles. The van der Waals surface area contributed by atoms with Gasteiger partial charge in [0.15, 0.2) is 0 Å². The van der Waals surface area contributed by atoms with E-state index in [0.717, 1.165) is 12.1 Å². The lowest BCUT2D eigenvalue weighted by molar-refractivity contribution is -0.136. The third-order valence-electron chi connectivity index (χ3n) is 2.86. The van der Waals surface area contributed by atoms with E-state index in [0.29, 0.717) is 17.0 Å². The number of aryl methyl sites for hydroxylation is 2. The molecule has 1 heterocycles. The van der Waals surface area contributed by atoms with E-state index < -0.39 is 17.6 Å². The first-order valence-electron chi connectivity index (χ1n) is 5.60. The molecule has 0 amide bonds. The number of nitrogens with zero attached hydrogens (tertiary/aromatic N) is 2. The van der Waals surface area contributed by atoms with Gasteiger partial charge in [-0.2, -0.15) is 5.10 Å². The minimum atomic E-state index is -1.04. The van der Waals surface area contributed by atoms with Crippen molar-refractivity contribution in [2.24, 2.45) is 7.05 Å².